The van der Waals surface area contributed by atoms with Crippen molar-refractivity contribution in [1.29, 1.82) is 0 Å². The minimum atomic E-state index is 0.859. The molecule has 0 fully saturated rings. The zero-order chi connectivity index (χ0) is 12.6. The Labute approximate surface area is 111 Å². The van der Waals surface area contributed by atoms with Crippen LogP contribution in [0.1, 0.15) is 43.2 Å². The van der Waals surface area contributed by atoms with Gasteiger partial charge in [0.25, 0.3) is 0 Å². The molecule has 2 nitrogen and oxygen atoms in total. The van der Waals surface area contributed by atoms with Gasteiger partial charge in [0.1, 0.15) is 5.75 Å². The molecule has 0 bridgehead atoms. The average molecular weight is 247 g/mol. The Morgan fingerprint density at radius 2 is 1.89 bits per heavy atom. The Bertz CT molecular complexity index is 362. The maximum atomic E-state index is 5.82. The fraction of sp³-hybridized carbons (Fsp3) is 0.625. The van der Waals surface area contributed by atoms with E-state index in [1.165, 1.54) is 56.1 Å². The third-order valence-corrected chi connectivity index (χ3v) is 3.66. The number of nitrogens with one attached hydrogen (secondary N) is 1. The summed E-state index contributed by atoms with van der Waals surface area (Å²) in [6.07, 6.45) is 8.80. The van der Waals surface area contributed by atoms with Crippen LogP contribution in [-0.4, -0.2) is 20.2 Å². The van der Waals surface area contributed by atoms with Crippen molar-refractivity contribution >= 4 is 0 Å². The summed E-state index contributed by atoms with van der Waals surface area (Å²) >= 11 is 0. The van der Waals surface area contributed by atoms with E-state index in [4.69, 9.17) is 4.74 Å². The molecule has 0 aromatic heterocycles. The Morgan fingerprint density at radius 1 is 1.06 bits per heavy atom. The van der Waals surface area contributed by atoms with Gasteiger partial charge in [0.15, 0.2) is 0 Å². The summed E-state index contributed by atoms with van der Waals surface area (Å²) in [6.45, 7) is 1.99. The van der Waals surface area contributed by atoms with Gasteiger partial charge < -0.3 is 10.1 Å². The van der Waals surface area contributed by atoms with E-state index >= 15 is 0 Å². The van der Waals surface area contributed by atoms with Gasteiger partial charge in [0, 0.05) is 0 Å². The van der Waals surface area contributed by atoms with Crippen LogP contribution >= 0.6 is 0 Å². The summed E-state index contributed by atoms with van der Waals surface area (Å²) in [7, 11) is 2.01. The van der Waals surface area contributed by atoms with Crippen molar-refractivity contribution in [2.24, 2.45) is 0 Å². The highest BCUT2D eigenvalue weighted by molar-refractivity contribution is 5.38. The molecule has 0 radical (unpaired) electrons. The summed E-state index contributed by atoms with van der Waals surface area (Å²) in [5.74, 6) is 1.06. The predicted octanol–water partition coefficient (Wildman–Crippen LogP) is 3.33. The lowest BCUT2D eigenvalue weighted by Gasteiger charge is -2.08. The lowest BCUT2D eigenvalue weighted by molar-refractivity contribution is 0.304. The minimum Gasteiger partial charge on any atom is -0.494 e. The van der Waals surface area contributed by atoms with Crippen molar-refractivity contribution in [2.45, 2.75) is 44.9 Å². The van der Waals surface area contributed by atoms with Gasteiger partial charge in [-0.05, 0) is 69.0 Å². The molecule has 1 aliphatic carbocycles. The van der Waals surface area contributed by atoms with Crippen LogP contribution in [0.25, 0.3) is 0 Å². The van der Waals surface area contributed by atoms with E-state index in [0.29, 0.717) is 0 Å². The molecule has 0 atom stereocenters. The molecule has 0 amide bonds. The maximum absolute atomic E-state index is 5.82. The number of benzene rings is 1. The summed E-state index contributed by atoms with van der Waals surface area (Å²) < 4.78 is 5.82. The molecule has 18 heavy (non-hydrogen) atoms. The van der Waals surface area contributed by atoms with E-state index in [1.807, 2.05) is 7.05 Å². The first-order chi connectivity index (χ1) is 8.90. The molecule has 1 aliphatic rings. The molecular weight excluding hydrogens is 222 g/mol. The number of hydrogen-bond donors (Lipinski definition) is 1. The lowest BCUT2D eigenvalue weighted by atomic mass is 10.1. The van der Waals surface area contributed by atoms with E-state index in [1.54, 1.807) is 0 Å². The van der Waals surface area contributed by atoms with Crippen molar-refractivity contribution in [1.82, 2.24) is 5.32 Å². The fourth-order valence-electron chi connectivity index (χ4n) is 2.59. The first-order valence-electron chi connectivity index (χ1n) is 7.29. The molecule has 1 aromatic rings. The Hall–Kier alpha value is -1.02. The Morgan fingerprint density at radius 3 is 2.78 bits per heavy atom. The zero-order valence-corrected chi connectivity index (χ0v) is 11.5. The zero-order valence-electron chi connectivity index (χ0n) is 11.5. The van der Waals surface area contributed by atoms with Gasteiger partial charge in [-0.15, -0.1) is 0 Å². The normalized spacial score (nSPS) is 13.6. The molecule has 2 heteroatoms. The summed E-state index contributed by atoms with van der Waals surface area (Å²) in [4.78, 5) is 0. The highest BCUT2D eigenvalue weighted by Gasteiger charge is 2.10. The smallest absolute Gasteiger partial charge is 0.119 e. The SMILES string of the molecule is CNCCCCCCOc1ccc2c(c1)CCC2. The van der Waals surface area contributed by atoms with Crippen molar-refractivity contribution in [3.63, 3.8) is 0 Å². The summed E-state index contributed by atoms with van der Waals surface area (Å²) in [6, 6.07) is 6.61. The first-order valence-corrected chi connectivity index (χ1v) is 7.29. The molecule has 1 aromatic carbocycles. The van der Waals surface area contributed by atoms with Crippen molar-refractivity contribution in [3.05, 3.63) is 29.3 Å². The Kier molecular flexibility index (Phi) is 5.53. The van der Waals surface area contributed by atoms with Gasteiger partial charge in [-0.1, -0.05) is 18.9 Å². The minimum absolute atomic E-state index is 0.859. The largest absolute Gasteiger partial charge is 0.494 e. The van der Waals surface area contributed by atoms with Crippen LogP contribution in [0, 0.1) is 0 Å². The summed E-state index contributed by atoms with van der Waals surface area (Å²) in [5, 5.41) is 3.18. The maximum Gasteiger partial charge on any atom is 0.119 e. The quantitative estimate of drug-likeness (QED) is 0.711. The highest BCUT2D eigenvalue weighted by Crippen LogP contribution is 2.26. The van der Waals surface area contributed by atoms with Gasteiger partial charge >= 0.3 is 0 Å². The molecule has 2 rings (SSSR count). The molecule has 0 unspecified atom stereocenters. The third kappa shape index (κ3) is 4.02. The molecule has 0 heterocycles. The number of ether oxygens (including phenoxy) is 1. The number of unbranched alkanes of at least 4 members (excludes halogenated alkanes) is 3. The monoisotopic (exact) mass is 247 g/mol. The number of aryl methyl sites for hydroxylation is 2. The van der Waals surface area contributed by atoms with Crippen molar-refractivity contribution in [2.75, 3.05) is 20.2 Å². The number of hydrogen-bond acceptors (Lipinski definition) is 2. The Balaban J connectivity index is 1.62. The van der Waals surface area contributed by atoms with Crippen LogP contribution in [0.2, 0.25) is 0 Å². The number of rotatable bonds is 8. The van der Waals surface area contributed by atoms with Crippen molar-refractivity contribution in [3.8, 4) is 5.75 Å². The van der Waals surface area contributed by atoms with Crippen LogP contribution in [0.5, 0.6) is 5.75 Å². The van der Waals surface area contributed by atoms with Gasteiger partial charge in [-0.3, -0.25) is 0 Å². The lowest BCUT2D eigenvalue weighted by Crippen LogP contribution is -2.07. The molecular formula is C16H25NO. The molecule has 1 N–H and O–H groups in total. The molecule has 0 aliphatic heterocycles. The van der Waals surface area contributed by atoms with E-state index in [9.17, 15) is 0 Å². The van der Waals surface area contributed by atoms with Crippen LogP contribution in [0.4, 0.5) is 0 Å². The predicted molar refractivity (Wildman–Crippen MR) is 76.4 cm³/mol. The second-order valence-electron chi connectivity index (χ2n) is 5.15. The molecule has 0 spiro atoms. The van der Waals surface area contributed by atoms with Crippen LogP contribution in [0.3, 0.4) is 0 Å². The highest BCUT2D eigenvalue weighted by atomic mass is 16.5. The van der Waals surface area contributed by atoms with E-state index in [0.717, 1.165) is 18.9 Å². The molecule has 0 saturated carbocycles. The van der Waals surface area contributed by atoms with Crippen LogP contribution in [-0.2, 0) is 12.8 Å². The second kappa shape index (κ2) is 7.42. The average Bonchev–Trinajstić information content (AvgIpc) is 2.85. The van der Waals surface area contributed by atoms with Gasteiger partial charge in [-0.25, -0.2) is 0 Å². The summed E-state index contributed by atoms with van der Waals surface area (Å²) in [5.41, 5.74) is 3.02. The fourth-order valence-corrected chi connectivity index (χ4v) is 2.59. The van der Waals surface area contributed by atoms with E-state index in [-0.39, 0.29) is 0 Å². The van der Waals surface area contributed by atoms with Crippen molar-refractivity contribution < 1.29 is 4.74 Å². The number of fused-ring (bicyclic) bond motifs is 1. The van der Waals surface area contributed by atoms with Gasteiger partial charge in [-0.2, -0.15) is 0 Å². The van der Waals surface area contributed by atoms with Crippen LogP contribution < -0.4 is 10.1 Å². The third-order valence-electron chi connectivity index (χ3n) is 3.66. The van der Waals surface area contributed by atoms with Gasteiger partial charge in [0.2, 0.25) is 0 Å². The molecule has 0 saturated heterocycles. The standard InChI is InChI=1S/C16H25NO/c1-17-11-4-2-3-5-12-18-16-10-9-14-7-6-8-15(14)13-16/h9-10,13,17H,2-8,11-12H2,1H3. The second-order valence-corrected chi connectivity index (χ2v) is 5.15. The first kappa shape index (κ1) is 13.4. The van der Waals surface area contributed by atoms with E-state index in [2.05, 4.69) is 23.5 Å². The van der Waals surface area contributed by atoms with E-state index < -0.39 is 0 Å². The van der Waals surface area contributed by atoms with Gasteiger partial charge in [0.05, 0.1) is 6.61 Å². The molecule has 100 valence electrons. The topological polar surface area (TPSA) is 21.3 Å². The van der Waals surface area contributed by atoms with Crippen LogP contribution in [0.15, 0.2) is 18.2 Å².